The van der Waals surface area contributed by atoms with Crippen LogP contribution in [0.4, 0.5) is 5.69 Å². The number of rotatable bonds is 1. The molecular weight excluding hydrogens is 312 g/mol. The molecule has 1 saturated heterocycles. The first-order valence-electron chi connectivity index (χ1n) is 9.49. The number of carbonyl (C=O) groups is 1. The zero-order chi connectivity index (χ0) is 17.0. The van der Waals surface area contributed by atoms with Crippen LogP contribution in [0, 0.1) is 17.3 Å². The Kier molecular flexibility index (Phi) is 2.37. The molecule has 1 N–H and O–H groups in total. The normalized spacial score (nSPS) is 48.0. The smallest absolute Gasteiger partial charge is 0.311 e. The van der Waals surface area contributed by atoms with Gasteiger partial charge in [0.2, 0.25) is 0 Å². The van der Waals surface area contributed by atoms with Gasteiger partial charge in [-0.25, -0.2) is 0 Å². The SMILES string of the molecule is COC(=O)[C@@H]1C[C@]23C=CCN4CC[C@]5(c6ccccc6N[C@]15C2C)[C@@H]43. The standard InChI is InChI=1S/C21H24N2O2/c1-13-19-8-5-10-23-11-9-20(18(19)23)14-6-3-4-7-16(14)22-21(13,20)15(12-19)17(24)25-2/h3-8,13,15,18,22H,9-12H2,1-2H3/t13?,15-,18-,19+,20-,21+/m0/s1. The van der Waals surface area contributed by atoms with Gasteiger partial charge >= 0.3 is 5.97 Å². The first-order chi connectivity index (χ1) is 12.1. The first-order valence-corrected chi connectivity index (χ1v) is 9.49. The molecule has 3 aliphatic heterocycles. The summed E-state index contributed by atoms with van der Waals surface area (Å²) in [4.78, 5) is 15.6. The Hall–Kier alpha value is -1.81. The molecule has 6 atom stereocenters. The van der Waals surface area contributed by atoms with Crippen molar-refractivity contribution in [2.24, 2.45) is 17.3 Å². The second kappa shape index (κ2) is 4.12. The molecule has 0 radical (unpaired) electrons. The number of hydrogen-bond donors (Lipinski definition) is 1. The third-order valence-electron chi connectivity index (χ3n) is 8.47. The van der Waals surface area contributed by atoms with Gasteiger partial charge in [0.15, 0.2) is 0 Å². The van der Waals surface area contributed by atoms with E-state index in [1.54, 1.807) is 0 Å². The summed E-state index contributed by atoms with van der Waals surface area (Å²) >= 11 is 0. The van der Waals surface area contributed by atoms with Gasteiger partial charge in [0.25, 0.3) is 0 Å². The minimum atomic E-state index is -0.224. The highest BCUT2D eigenvalue weighted by atomic mass is 16.5. The second-order valence-electron chi connectivity index (χ2n) is 8.67. The van der Waals surface area contributed by atoms with Crippen molar-refractivity contribution >= 4 is 11.7 Å². The van der Waals surface area contributed by atoms with Crippen molar-refractivity contribution in [2.45, 2.75) is 36.8 Å². The number of nitrogens with one attached hydrogen (secondary N) is 1. The lowest BCUT2D eigenvalue weighted by atomic mass is 9.57. The molecule has 0 aromatic heterocycles. The van der Waals surface area contributed by atoms with Crippen molar-refractivity contribution in [2.75, 3.05) is 25.5 Å². The fourth-order valence-corrected chi connectivity index (χ4v) is 7.93. The average molecular weight is 336 g/mol. The molecule has 2 aliphatic carbocycles. The number of anilines is 1. The zero-order valence-corrected chi connectivity index (χ0v) is 14.8. The van der Waals surface area contributed by atoms with Crippen LogP contribution >= 0.6 is 0 Å². The van der Waals surface area contributed by atoms with Gasteiger partial charge in [-0.3, -0.25) is 9.69 Å². The number of benzene rings is 1. The van der Waals surface area contributed by atoms with Crippen LogP contribution in [0.5, 0.6) is 0 Å². The Labute approximate surface area is 148 Å². The molecule has 3 fully saturated rings. The predicted molar refractivity (Wildman–Crippen MR) is 95.3 cm³/mol. The molecular formula is C21H24N2O2. The van der Waals surface area contributed by atoms with E-state index in [2.05, 4.69) is 53.6 Å². The van der Waals surface area contributed by atoms with Crippen molar-refractivity contribution in [3.8, 4) is 0 Å². The molecule has 1 unspecified atom stereocenters. The predicted octanol–water partition coefficient (Wildman–Crippen LogP) is 2.56. The van der Waals surface area contributed by atoms with E-state index in [9.17, 15) is 4.79 Å². The molecule has 2 saturated carbocycles. The molecule has 5 aliphatic rings. The van der Waals surface area contributed by atoms with E-state index in [0.29, 0.717) is 12.0 Å². The Morgan fingerprint density at radius 2 is 2.20 bits per heavy atom. The monoisotopic (exact) mass is 336 g/mol. The molecule has 3 spiro atoms. The van der Waals surface area contributed by atoms with Crippen molar-refractivity contribution in [1.29, 1.82) is 0 Å². The lowest BCUT2D eigenvalue weighted by Crippen LogP contribution is -2.63. The largest absolute Gasteiger partial charge is 0.469 e. The minimum absolute atomic E-state index is 0.0187. The maximum absolute atomic E-state index is 12.9. The van der Waals surface area contributed by atoms with E-state index in [4.69, 9.17) is 4.74 Å². The van der Waals surface area contributed by atoms with E-state index in [1.165, 1.54) is 18.4 Å². The molecule has 3 heterocycles. The van der Waals surface area contributed by atoms with Gasteiger partial charge in [0, 0.05) is 29.1 Å². The molecule has 1 aromatic rings. The highest BCUT2D eigenvalue weighted by molar-refractivity contribution is 5.82. The first kappa shape index (κ1) is 14.4. The van der Waals surface area contributed by atoms with Gasteiger partial charge in [-0.15, -0.1) is 0 Å². The van der Waals surface area contributed by atoms with E-state index in [-0.39, 0.29) is 28.3 Å². The third-order valence-corrected chi connectivity index (χ3v) is 8.47. The van der Waals surface area contributed by atoms with Gasteiger partial charge < -0.3 is 10.1 Å². The molecule has 2 bridgehead atoms. The maximum atomic E-state index is 12.9. The van der Waals surface area contributed by atoms with Crippen LogP contribution in [-0.2, 0) is 14.9 Å². The number of carbonyl (C=O) groups excluding carboxylic acids is 1. The average Bonchev–Trinajstić information content (AvgIpc) is 3.29. The van der Waals surface area contributed by atoms with E-state index in [1.807, 2.05) is 0 Å². The number of hydrogen-bond acceptors (Lipinski definition) is 4. The molecule has 4 heteroatoms. The molecule has 0 amide bonds. The minimum Gasteiger partial charge on any atom is -0.469 e. The number of para-hydroxylation sites is 1. The van der Waals surface area contributed by atoms with Crippen LogP contribution in [0.3, 0.4) is 0 Å². The van der Waals surface area contributed by atoms with Crippen LogP contribution in [0.25, 0.3) is 0 Å². The number of fused-ring (bicyclic) bond motifs is 1. The number of nitrogens with zero attached hydrogens (tertiary/aromatic N) is 1. The van der Waals surface area contributed by atoms with Crippen molar-refractivity contribution in [3.63, 3.8) is 0 Å². The Morgan fingerprint density at radius 1 is 1.36 bits per heavy atom. The highest BCUT2D eigenvalue weighted by Gasteiger charge is 2.85. The quantitative estimate of drug-likeness (QED) is 0.632. The number of esters is 1. The van der Waals surface area contributed by atoms with Gasteiger partial charge in [0.1, 0.15) is 0 Å². The fourth-order valence-electron chi connectivity index (χ4n) is 7.93. The second-order valence-corrected chi connectivity index (χ2v) is 8.67. The van der Waals surface area contributed by atoms with E-state index < -0.39 is 0 Å². The topological polar surface area (TPSA) is 41.6 Å². The summed E-state index contributed by atoms with van der Waals surface area (Å²) in [5.74, 6) is 0.277. The van der Waals surface area contributed by atoms with Gasteiger partial charge in [0.05, 0.1) is 18.6 Å². The summed E-state index contributed by atoms with van der Waals surface area (Å²) in [6.07, 6.45) is 6.83. The fraction of sp³-hybridized carbons (Fsp3) is 0.571. The number of ether oxygens (including phenoxy) is 1. The molecule has 6 rings (SSSR count). The summed E-state index contributed by atoms with van der Waals surface area (Å²) in [5.41, 5.74) is 2.53. The van der Waals surface area contributed by atoms with Gasteiger partial charge in [-0.2, -0.15) is 0 Å². The summed E-state index contributed by atoms with van der Waals surface area (Å²) in [5, 5.41) is 3.92. The van der Waals surface area contributed by atoms with Crippen molar-refractivity contribution in [3.05, 3.63) is 42.0 Å². The van der Waals surface area contributed by atoms with Crippen LogP contribution in [0.1, 0.15) is 25.3 Å². The zero-order valence-electron chi connectivity index (χ0n) is 14.8. The summed E-state index contributed by atoms with van der Waals surface area (Å²) in [6, 6.07) is 9.25. The Bertz CT molecular complexity index is 835. The maximum Gasteiger partial charge on any atom is 0.311 e. The van der Waals surface area contributed by atoms with Gasteiger partial charge in [-0.1, -0.05) is 37.3 Å². The summed E-state index contributed by atoms with van der Waals surface area (Å²) in [6.45, 7) is 4.53. The third kappa shape index (κ3) is 1.19. The van der Waals surface area contributed by atoms with Crippen LogP contribution in [-0.4, -0.2) is 42.6 Å². The highest BCUT2D eigenvalue weighted by Crippen LogP contribution is 2.78. The van der Waals surface area contributed by atoms with Crippen molar-refractivity contribution in [1.82, 2.24) is 4.90 Å². The van der Waals surface area contributed by atoms with Gasteiger partial charge in [-0.05, 0) is 36.9 Å². The molecule has 1 aromatic carbocycles. The van der Waals surface area contributed by atoms with Crippen LogP contribution in [0.15, 0.2) is 36.4 Å². The van der Waals surface area contributed by atoms with Crippen molar-refractivity contribution < 1.29 is 9.53 Å². The van der Waals surface area contributed by atoms with E-state index >= 15 is 0 Å². The molecule has 130 valence electrons. The lowest BCUT2D eigenvalue weighted by molar-refractivity contribution is -0.149. The molecule has 25 heavy (non-hydrogen) atoms. The Balaban J connectivity index is 1.69. The summed E-state index contributed by atoms with van der Waals surface area (Å²) < 4.78 is 5.30. The Morgan fingerprint density at radius 3 is 3.04 bits per heavy atom. The lowest BCUT2D eigenvalue weighted by Gasteiger charge is -2.50. The summed E-state index contributed by atoms with van der Waals surface area (Å²) in [7, 11) is 1.54. The number of methoxy groups -OCH3 is 1. The van der Waals surface area contributed by atoms with E-state index in [0.717, 1.165) is 25.9 Å². The molecule has 4 nitrogen and oxygen atoms in total. The van der Waals surface area contributed by atoms with Crippen LogP contribution < -0.4 is 5.32 Å². The van der Waals surface area contributed by atoms with Crippen LogP contribution in [0.2, 0.25) is 0 Å².